The number of hydrogen-bond acceptors (Lipinski definition) is 4. The number of methoxy groups -OCH3 is 1. The Bertz CT molecular complexity index is 341. The number of rotatable bonds is 3. The number of hydrogen-bond donors (Lipinski definition) is 1. The normalized spacial score (nSPS) is 25.9. The van der Waals surface area contributed by atoms with E-state index in [-0.39, 0.29) is 0 Å². The fraction of sp³-hybridized carbons (Fsp3) is 0.500. The van der Waals surface area contributed by atoms with Crippen LogP contribution in [-0.2, 0) is 6.54 Å². The highest BCUT2D eigenvalue weighted by Crippen LogP contribution is 2.26. The van der Waals surface area contributed by atoms with Gasteiger partial charge in [-0.2, -0.15) is 0 Å². The minimum Gasteiger partial charge on any atom is -0.497 e. The van der Waals surface area contributed by atoms with E-state index in [9.17, 15) is 0 Å². The molecule has 0 spiro atoms. The quantitative estimate of drug-likeness (QED) is 0.818. The lowest BCUT2D eigenvalue weighted by Crippen LogP contribution is -2.30. The highest BCUT2D eigenvalue weighted by molar-refractivity contribution is 7.95. The summed E-state index contributed by atoms with van der Waals surface area (Å²) >= 11 is 1.72. The van der Waals surface area contributed by atoms with Crippen molar-refractivity contribution in [1.29, 1.82) is 0 Å². The van der Waals surface area contributed by atoms with E-state index in [1.165, 1.54) is 5.56 Å². The smallest absolute Gasteiger partial charge is 0.118 e. The topological polar surface area (TPSA) is 24.5 Å². The zero-order chi connectivity index (χ0) is 11.5. The Morgan fingerprint density at radius 1 is 1.31 bits per heavy atom. The van der Waals surface area contributed by atoms with Gasteiger partial charge in [0.05, 0.1) is 7.11 Å². The molecule has 1 unspecified atom stereocenters. The van der Waals surface area contributed by atoms with Crippen molar-refractivity contribution in [3.05, 3.63) is 29.8 Å². The van der Waals surface area contributed by atoms with E-state index < -0.39 is 0 Å². The summed E-state index contributed by atoms with van der Waals surface area (Å²) < 4.78 is 10.9. The van der Waals surface area contributed by atoms with Gasteiger partial charge >= 0.3 is 0 Å². The van der Waals surface area contributed by atoms with Gasteiger partial charge in [-0.25, -0.2) is 9.03 Å². The van der Waals surface area contributed by atoms with Crippen LogP contribution >= 0.6 is 12.1 Å². The van der Waals surface area contributed by atoms with Crippen molar-refractivity contribution in [2.75, 3.05) is 7.11 Å². The van der Waals surface area contributed by atoms with Crippen molar-refractivity contribution >= 4 is 12.1 Å². The molecule has 0 aliphatic carbocycles. The summed E-state index contributed by atoms with van der Waals surface area (Å²) in [5, 5.41) is 0. The maximum Gasteiger partial charge on any atom is 0.118 e. The molecular formula is C12H18N2OS. The molecule has 1 aliphatic rings. The molecule has 2 rings (SSSR count). The summed E-state index contributed by atoms with van der Waals surface area (Å²) in [5.74, 6) is 0.914. The van der Waals surface area contributed by atoms with Crippen LogP contribution < -0.4 is 9.46 Å². The fourth-order valence-electron chi connectivity index (χ4n) is 1.67. The summed E-state index contributed by atoms with van der Waals surface area (Å²) in [5.41, 5.74) is 1.32. The second kappa shape index (κ2) is 5.08. The van der Waals surface area contributed by atoms with Crippen molar-refractivity contribution < 1.29 is 4.74 Å². The average Bonchev–Trinajstić information content (AvgIpc) is 2.62. The third-order valence-corrected chi connectivity index (χ3v) is 4.20. The highest BCUT2D eigenvalue weighted by Gasteiger charge is 2.27. The molecule has 88 valence electrons. The molecule has 1 aromatic rings. The number of ether oxygens (including phenoxy) is 1. The summed E-state index contributed by atoms with van der Waals surface area (Å²) in [6.07, 6.45) is 0. The molecule has 2 atom stereocenters. The molecule has 16 heavy (non-hydrogen) atoms. The van der Waals surface area contributed by atoms with E-state index in [1.54, 1.807) is 19.2 Å². The van der Waals surface area contributed by atoms with Gasteiger partial charge in [0.15, 0.2) is 0 Å². The van der Waals surface area contributed by atoms with Crippen LogP contribution in [0.1, 0.15) is 19.4 Å². The summed E-state index contributed by atoms with van der Waals surface area (Å²) in [6, 6.07) is 9.37. The molecule has 0 aromatic heterocycles. The average molecular weight is 238 g/mol. The Labute approximate surface area is 101 Å². The van der Waals surface area contributed by atoms with Crippen molar-refractivity contribution in [3.63, 3.8) is 0 Å². The van der Waals surface area contributed by atoms with Gasteiger partial charge in [-0.3, -0.25) is 0 Å². The van der Waals surface area contributed by atoms with Crippen LogP contribution in [-0.4, -0.2) is 23.5 Å². The van der Waals surface area contributed by atoms with Crippen LogP contribution in [0, 0.1) is 0 Å². The van der Waals surface area contributed by atoms with E-state index in [4.69, 9.17) is 4.74 Å². The molecule has 1 saturated heterocycles. The molecule has 4 heteroatoms. The van der Waals surface area contributed by atoms with Crippen LogP contribution in [0.15, 0.2) is 24.3 Å². The van der Waals surface area contributed by atoms with Gasteiger partial charge in [-0.1, -0.05) is 12.1 Å². The lowest BCUT2D eigenvalue weighted by molar-refractivity contribution is 0.354. The Balaban J connectivity index is 1.98. The molecule has 0 amide bonds. The number of benzene rings is 1. The van der Waals surface area contributed by atoms with Gasteiger partial charge in [0.1, 0.15) is 5.75 Å². The molecule has 1 aliphatic heterocycles. The predicted molar refractivity (Wildman–Crippen MR) is 68.2 cm³/mol. The second-order valence-corrected chi connectivity index (χ2v) is 5.05. The number of nitrogens with one attached hydrogen (secondary N) is 1. The SMILES string of the molecule is COc1ccc(CN2SN[C@@H](C)C2C)cc1. The third-order valence-electron chi connectivity index (χ3n) is 3.03. The third kappa shape index (κ3) is 2.51. The highest BCUT2D eigenvalue weighted by atomic mass is 32.2. The Morgan fingerprint density at radius 2 is 2.00 bits per heavy atom. The Kier molecular flexibility index (Phi) is 3.74. The first-order chi connectivity index (χ1) is 7.70. The van der Waals surface area contributed by atoms with Crippen molar-refractivity contribution in [2.45, 2.75) is 32.5 Å². The molecule has 1 fully saturated rings. The number of nitrogens with zero attached hydrogens (tertiary/aromatic N) is 1. The van der Waals surface area contributed by atoms with Crippen molar-refractivity contribution in [1.82, 2.24) is 9.03 Å². The maximum atomic E-state index is 5.15. The molecule has 1 N–H and O–H groups in total. The Hall–Kier alpha value is -0.710. The molecule has 0 bridgehead atoms. The lowest BCUT2D eigenvalue weighted by Gasteiger charge is -2.19. The van der Waals surface area contributed by atoms with Gasteiger partial charge in [-0.15, -0.1) is 0 Å². The van der Waals surface area contributed by atoms with Crippen molar-refractivity contribution in [3.8, 4) is 5.75 Å². The van der Waals surface area contributed by atoms with E-state index in [0.717, 1.165) is 12.3 Å². The van der Waals surface area contributed by atoms with E-state index >= 15 is 0 Å². The lowest BCUT2D eigenvalue weighted by atomic mass is 10.1. The van der Waals surface area contributed by atoms with Gasteiger partial charge in [0.2, 0.25) is 0 Å². The van der Waals surface area contributed by atoms with Crippen LogP contribution in [0.4, 0.5) is 0 Å². The van der Waals surface area contributed by atoms with Crippen LogP contribution in [0.25, 0.3) is 0 Å². The first-order valence-electron chi connectivity index (χ1n) is 5.53. The fourth-order valence-corrected chi connectivity index (χ4v) is 2.73. The van der Waals surface area contributed by atoms with Crippen molar-refractivity contribution in [2.24, 2.45) is 0 Å². The standard InChI is InChI=1S/C12H18N2OS/c1-9-10(2)14(16-13-9)8-11-4-6-12(15-3)7-5-11/h4-7,9-10,13H,8H2,1-3H3/t9-,10?/m0/s1. The molecule has 0 saturated carbocycles. The van der Waals surface area contributed by atoms with Gasteiger partial charge in [0, 0.05) is 30.8 Å². The first kappa shape index (κ1) is 11.8. The second-order valence-electron chi connectivity index (χ2n) is 4.16. The van der Waals surface area contributed by atoms with Gasteiger partial charge < -0.3 is 4.74 Å². The largest absolute Gasteiger partial charge is 0.497 e. The molecule has 1 heterocycles. The van der Waals surface area contributed by atoms with Gasteiger partial charge in [-0.05, 0) is 31.5 Å². The van der Waals surface area contributed by atoms with Crippen LogP contribution in [0.5, 0.6) is 5.75 Å². The summed E-state index contributed by atoms with van der Waals surface area (Å²) in [4.78, 5) is 0. The monoisotopic (exact) mass is 238 g/mol. The minimum absolute atomic E-state index is 0.545. The van der Waals surface area contributed by atoms with Crippen LogP contribution in [0.2, 0.25) is 0 Å². The van der Waals surface area contributed by atoms with Crippen LogP contribution in [0.3, 0.4) is 0 Å². The molecular weight excluding hydrogens is 220 g/mol. The van der Waals surface area contributed by atoms with E-state index in [2.05, 4.69) is 35.0 Å². The summed E-state index contributed by atoms with van der Waals surface area (Å²) in [6.45, 7) is 5.43. The van der Waals surface area contributed by atoms with E-state index in [1.807, 2.05) is 12.1 Å². The predicted octanol–water partition coefficient (Wildman–Crippen LogP) is 2.44. The molecule has 3 nitrogen and oxygen atoms in total. The zero-order valence-corrected chi connectivity index (χ0v) is 10.8. The first-order valence-corrected chi connectivity index (χ1v) is 6.30. The van der Waals surface area contributed by atoms with E-state index in [0.29, 0.717) is 12.1 Å². The molecule has 0 radical (unpaired) electrons. The molecule has 1 aromatic carbocycles. The Morgan fingerprint density at radius 3 is 2.50 bits per heavy atom. The zero-order valence-electron chi connectivity index (χ0n) is 9.93. The summed E-state index contributed by atoms with van der Waals surface area (Å²) in [7, 11) is 1.69. The minimum atomic E-state index is 0.545. The maximum absolute atomic E-state index is 5.15. The van der Waals surface area contributed by atoms with Gasteiger partial charge in [0.25, 0.3) is 0 Å².